The Bertz CT molecular complexity index is 333. The minimum atomic E-state index is 0.635. The van der Waals surface area contributed by atoms with Crippen LogP contribution in [0.25, 0.3) is 0 Å². The molecule has 14 heavy (non-hydrogen) atoms. The minimum Gasteiger partial charge on any atom is -0.312 e. The SMILES string of the molecule is CC(C)C1CNCc2cc(Cl)ccc21. The summed E-state index contributed by atoms with van der Waals surface area (Å²) in [6, 6.07) is 6.27. The van der Waals surface area contributed by atoms with Gasteiger partial charge in [-0.1, -0.05) is 31.5 Å². The van der Waals surface area contributed by atoms with Crippen LogP contribution in [0.15, 0.2) is 18.2 Å². The summed E-state index contributed by atoms with van der Waals surface area (Å²) in [5.74, 6) is 1.32. The van der Waals surface area contributed by atoms with Crippen molar-refractivity contribution in [3.8, 4) is 0 Å². The molecular weight excluding hydrogens is 194 g/mol. The molecule has 1 nitrogen and oxygen atoms in total. The van der Waals surface area contributed by atoms with Crippen LogP contribution in [0.1, 0.15) is 30.9 Å². The average molecular weight is 210 g/mol. The van der Waals surface area contributed by atoms with Crippen molar-refractivity contribution in [3.63, 3.8) is 0 Å². The molecule has 1 aromatic rings. The molecule has 1 aliphatic heterocycles. The second-order valence-electron chi connectivity index (χ2n) is 4.32. The minimum absolute atomic E-state index is 0.635. The van der Waals surface area contributed by atoms with E-state index in [-0.39, 0.29) is 0 Å². The Labute approximate surface area is 90.5 Å². The van der Waals surface area contributed by atoms with Gasteiger partial charge in [-0.2, -0.15) is 0 Å². The molecule has 0 fully saturated rings. The number of rotatable bonds is 1. The van der Waals surface area contributed by atoms with Crippen molar-refractivity contribution in [3.05, 3.63) is 34.3 Å². The monoisotopic (exact) mass is 209 g/mol. The van der Waals surface area contributed by atoms with Gasteiger partial charge >= 0.3 is 0 Å². The molecule has 0 radical (unpaired) electrons. The van der Waals surface area contributed by atoms with E-state index in [1.807, 2.05) is 6.07 Å². The Hall–Kier alpha value is -0.530. The van der Waals surface area contributed by atoms with Gasteiger partial charge in [0.15, 0.2) is 0 Å². The van der Waals surface area contributed by atoms with Crippen LogP contribution in [-0.2, 0) is 6.54 Å². The first-order chi connectivity index (χ1) is 6.68. The molecule has 0 bridgehead atoms. The van der Waals surface area contributed by atoms with Gasteiger partial charge in [0.1, 0.15) is 0 Å². The fourth-order valence-electron chi connectivity index (χ4n) is 2.16. The molecule has 2 rings (SSSR count). The van der Waals surface area contributed by atoms with Crippen molar-refractivity contribution < 1.29 is 0 Å². The number of hydrogen-bond donors (Lipinski definition) is 1. The average Bonchev–Trinajstić information content (AvgIpc) is 2.16. The summed E-state index contributed by atoms with van der Waals surface area (Å²) in [7, 11) is 0. The second-order valence-corrected chi connectivity index (χ2v) is 4.76. The van der Waals surface area contributed by atoms with E-state index in [4.69, 9.17) is 11.6 Å². The van der Waals surface area contributed by atoms with E-state index < -0.39 is 0 Å². The van der Waals surface area contributed by atoms with Crippen molar-refractivity contribution >= 4 is 11.6 Å². The number of halogens is 1. The zero-order chi connectivity index (χ0) is 10.1. The van der Waals surface area contributed by atoms with E-state index in [1.165, 1.54) is 11.1 Å². The molecule has 1 aromatic carbocycles. The smallest absolute Gasteiger partial charge is 0.0409 e. The summed E-state index contributed by atoms with van der Waals surface area (Å²) in [6.07, 6.45) is 0. The van der Waals surface area contributed by atoms with Crippen LogP contribution in [-0.4, -0.2) is 6.54 Å². The highest BCUT2D eigenvalue weighted by Gasteiger charge is 2.22. The van der Waals surface area contributed by atoms with Crippen molar-refractivity contribution in [1.29, 1.82) is 0 Å². The highest BCUT2D eigenvalue weighted by atomic mass is 35.5. The lowest BCUT2D eigenvalue weighted by molar-refractivity contribution is 0.436. The summed E-state index contributed by atoms with van der Waals surface area (Å²) < 4.78 is 0. The number of hydrogen-bond acceptors (Lipinski definition) is 1. The molecule has 1 aliphatic rings. The molecule has 0 spiro atoms. The maximum Gasteiger partial charge on any atom is 0.0409 e. The molecule has 0 saturated heterocycles. The number of fused-ring (bicyclic) bond motifs is 1. The van der Waals surface area contributed by atoms with Crippen LogP contribution in [0.2, 0.25) is 5.02 Å². The fraction of sp³-hybridized carbons (Fsp3) is 0.500. The van der Waals surface area contributed by atoms with Gasteiger partial charge in [0.25, 0.3) is 0 Å². The Morgan fingerprint density at radius 2 is 2.21 bits per heavy atom. The third-order valence-corrected chi connectivity index (χ3v) is 3.22. The fourth-order valence-corrected chi connectivity index (χ4v) is 2.35. The van der Waals surface area contributed by atoms with Gasteiger partial charge in [-0.25, -0.2) is 0 Å². The van der Waals surface area contributed by atoms with Crippen molar-refractivity contribution in [1.82, 2.24) is 5.32 Å². The van der Waals surface area contributed by atoms with Crippen LogP contribution in [0, 0.1) is 5.92 Å². The van der Waals surface area contributed by atoms with E-state index in [0.717, 1.165) is 18.1 Å². The molecular formula is C12H16ClN. The van der Waals surface area contributed by atoms with Gasteiger partial charge in [0, 0.05) is 18.1 Å². The molecule has 1 unspecified atom stereocenters. The van der Waals surface area contributed by atoms with Crippen LogP contribution < -0.4 is 5.32 Å². The molecule has 1 atom stereocenters. The van der Waals surface area contributed by atoms with Crippen LogP contribution in [0.3, 0.4) is 0 Å². The molecule has 2 heteroatoms. The number of nitrogens with one attached hydrogen (secondary N) is 1. The first-order valence-electron chi connectivity index (χ1n) is 5.17. The van der Waals surface area contributed by atoms with Crippen LogP contribution in [0.5, 0.6) is 0 Å². The Morgan fingerprint density at radius 1 is 1.43 bits per heavy atom. The van der Waals surface area contributed by atoms with E-state index >= 15 is 0 Å². The highest BCUT2D eigenvalue weighted by Crippen LogP contribution is 2.31. The topological polar surface area (TPSA) is 12.0 Å². The third-order valence-electron chi connectivity index (χ3n) is 2.99. The normalized spacial score (nSPS) is 21.0. The van der Waals surface area contributed by atoms with Gasteiger partial charge < -0.3 is 5.32 Å². The first-order valence-corrected chi connectivity index (χ1v) is 5.55. The van der Waals surface area contributed by atoms with Gasteiger partial charge in [-0.05, 0) is 35.1 Å². The predicted octanol–water partition coefficient (Wildman–Crippen LogP) is 3.18. The zero-order valence-corrected chi connectivity index (χ0v) is 9.43. The molecule has 0 aromatic heterocycles. The lowest BCUT2D eigenvalue weighted by Gasteiger charge is -2.29. The maximum atomic E-state index is 5.98. The Balaban J connectivity index is 2.40. The molecule has 0 saturated carbocycles. The van der Waals surface area contributed by atoms with Gasteiger partial charge in [-0.15, -0.1) is 0 Å². The summed E-state index contributed by atoms with van der Waals surface area (Å²) in [6.45, 7) is 6.59. The summed E-state index contributed by atoms with van der Waals surface area (Å²) >= 11 is 5.98. The van der Waals surface area contributed by atoms with Gasteiger partial charge in [-0.3, -0.25) is 0 Å². The van der Waals surface area contributed by atoms with E-state index in [0.29, 0.717) is 11.8 Å². The molecule has 76 valence electrons. The lowest BCUT2D eigenvalue weighted by Crippen LogP contribution is -2.30. The highest BCUT2D eigenvalue weighted by molar-refractivity contribution is 6.30. The van der Waals surface area contributed by atoms with E-state index in [1.54, 1.807) is 0 Å². The quantitative estimate of drug-likeness (QED) is 0.749. The largest absolute Gasteiger partial charge is 0.312 e. The molecule has 1 N–H and O–H groups in total. The van der Waals surface area contributed by atoms with E-state index in [2.05, 4.69) is 31.3 Å². The van der Waals surface area contributed by atoms with Crippen LogP contribution >= 0.6 is 11.6 Å². The molecule has 0 amide bonds. The van der Waals surface area contributed by atoms with Crippen LogP contribution in [0.4, 0.5) is 0 Å². The zero-order valence-electron chi connectivity index (χ0n) is 8.68. The van der Waals surface area contributed by atoms with Crippen molar-refractivity contribution in [2.24, 2.45) is 5.92 Å². The predicted molar refractivity (Wildman–Crippen MR) is 60.7 cm³/mol. The number of benzene rings is 1. The molecule has 0 aliphatic carbocycles. The maximum absolute atomic E-state index is 5.98. The first kappa shape index (κ1) is 10.0. The Morgan fingerprint density at radius 3 is 2.93 bits per heavy atom. The van der Waals surface area contributed by atoms with Crippen molar-refractivity contribution in [2.45, 2.75) is 26.3 Å². The van der Waals surface area contributed by atoms with Crippen molar-refractivity contribution in [2.75, 3.05) is 6.54 Å². The molecule has 1 heterocycles. The summed E-state index contributed by atoms with van der Waals surface area (Å²) in [4.78, 5) is 0. The lowest BCUT2D eigenvalue weighted by atomic mass is 9.83. The third kappa shape index (κ3) is 1.79. The van der Waals surface area contributed by atoms with Gasteiger partial charge in [0.2, 0.25) is 0 Å². The van der Waals surface area contributed by atoms with E-state index in [9.17, 15) is 0 Å². The standard InChI is InChI=1S/C12H16ClN/c1-8(2)12-7-14-6-9-5-10(13)3-4-11(9)12/h3-5,8,12,14H,6-7H2,1-2H3. The summed E-state index contributed by atoms with van der Waals surface area (Å²) in [5, 5.41) is 4.28. The second kappa shape index (κ2) is 3.92. The van der Waals surface area contributed by atoms with Gasteiger partial charge in [0.05, 0.1) is 0 Å². The Kier molecular flexibility index (Phi) is 2.80. The summed E-state index contributed by atoms with van der Waals surface area (Å²) in [5.41, 5.74) is 2.84.